The summed E-state index contributed by atoms with van der Waals surface area (Å²) in [6.45, 7) is 0.419. The molecule has 1 aromatic heterocycles. The van der Waals surface area contributed by atoms with Crippen LogP contribution in [0.3, 0.4) is 0 Å². The van der Waals surface area contributed by atoms with Crippen molar-refractivity contribution in [2.75, 3.05) is 6.54 Å². The number of halogens is 2. The molecule has 6 heteroatoms. The van der Waals surface area contributed by atoms with Gasteiger partial charge >= 0.3 is 0 Å². The molecule has 0 saturated heterocycles. The molecule has 3 rings (SSSR count). The molecule has 2 aromatic carbocycles. The van der Waals surface area contributed by atoms with Crippen LogP contribution in [0.4, 0.5) is 4.39 Å². The van der Waals surface area contributed by atoms with E-state index in [9.17, 15) is 9.18 Å². The Kier molecular flexibility index (Phi) is 4.91. The summed E-state index contributed by atoms with van der Waals surface area (Å²) in [6.07, 6.45) is 4.25. The molecule has 24 heavy (non-hydrogen) atoms. The fourth-order valence-corrected chi connectivity index (χ4v) is 2.48. The average molecular weight is 344 g/mol. The predicted molar refractivity (Wildman–Crippen MR) is 91.0 cm³/mol. The van der Waals surface area contributed by atoms with E-state index in [0.29, 0.717) is 13.0 Å². The first-order valence-electron chi connectivity index (χ1n) is 7.46. The van der Waals surface area contributed by atoms with Gasteiger partial charge in [0.25, 0.3) is 5.91 Å². The van der Waals surface area contributed by atoms with Gasteiger partial charge in [0.05, 0.1) is 11.3 Å². The van der Waals surface area contributed by atoms with E-state index in [1.165, 1.54) is 12.1 Å². The standard InChI is InChI=1S/C18H15ClFN3O/c19-14-4-7-16(17(20)12-14)18(24)21-10-8-13-2-5-15(6-3-13)23-11-1-9-22-23/h1-7,9,11-12H,8,10H2,(H,21,24). The quantitative estimate of drug-likeness (QED) is 0.769. The predicted octanol–water partition coefficient (Wildman–Crippen LogP) is 3.64. The zero-order chi connectivity index (χ0) is 16.9. The molecule has 0 aliphatic carbocycles. The summed E-state index contributed by atoms with van der Waals surface area (Å²) >= 11 is 5.68. The van der Waals surface area contributed by atoms with Crippen LogP contribution in [0.5, 0.6) is 0 Å². The van der Waals surface area contributed by atoms with Crippen LogP contribution in [0.2, 0.25) is 5.02 Å². The van der Waals surface area contributed by atoms with E-state index in [2.05, 4.69) is 10.4 Å². The third kappa shape index (κ3) is 3.81. The summed E-state index contributed by atoms with van der Waals surface area (Å²) in [4.78, 5) is 12.0. The third-order valence-electron chi connectivity index (χ3n) is 3.58. The van der Waals surface area contributed by atoms with Gasteiger partial charge in [-0.1, -0.05) is 23.7 Å². The first kappa shape index (κ1) is 16.2. The van der Waals surface area contributed by atoms with Crippen LogP contribution in [0, 0.1) is 5.82 Å². The van der Waals surface area contributed by atoms with Crippen molar-refractivity contribution in [2.45, 2.75) is 6.42 Å². The zero-order valence-corrected chi connectivity index (χ0v) is 13.5. The minimum atomic E-state index is -0.622. The van der Waals surface area contributed by atoms with Crippen molar-refractivity contribution in [1.29, 1.82) is 0 Å². The third-order valence-corrected chi connectivity index (χ3v) is 3.82. The molecule has 0 atom stereocenters. The average Bonchev–Trinajstić information content (AvgIpc) is 3.10. The molecule has 122 valence electrons. The van der Waals surface area contributed by atoms with Crippen molar-refractivity contribution < 1.29 is 9.18 Å². The highest BCUT2D eigenvalue weighted by Crippen LogP contribution is 2.14. The van der Waals surface area contributed by atoms with Gasteiger partial charge < -0.3 is 5.32 Å². The van der Waals surface area contributed by atoms with Crippen molar-refractivity contribution in [3.63, 3.8) is 0 Å². The van der Waals surface area contributed by atoms with Crippen molar-refractivity contribution in [3.05, 3.63) is 82.9 Å². The fourth-order valence-electron chi connectivity index (χ4n) is 2.33. The molecular formula is C18H15ClFN3O. The van der Waals surface area contributed by atoms with Crippen LogP contribution in [0.15, 0.2) is 60.9 Å². The SMILES string of the molecule is O=C(NCCc1ccc(-n2cccn2)cc1)c1ccc(Cl)cc1F. The number of hydrogen-bond donors (Lipinski definition) is 1. The monoisotopic (exact) mass is 343 g/mol. The number of nitrogens with one attached hydrogen (secondary N) is 1. The Balaban J connectivity index is 1.55. The van der Waals surface area contributed by atoms with E-state index in [1.807, 2.05) is 36.5 Å². The van der Waals surface area contributed by atoms with Crippen LogP contribution in [-0.4, -0.2) is 22.2 Å². The van der Waals surface area contributed by atoms with Crippen molar-refractivity contribution in [2.24, 2.45) is 0 Å². The maximum Gasteiger partial charge on any atom is 0.254 e. The number of carbonyl (C=O) groups excluding carboxylic acids is 1. The number of amides is 1. The molecule has 1 heterocycles. The normalized spacial score (nSPS) is 10.6. The maximum absolute atomic E-state index is 13.7. The lowest BCUT2D eigenvalue weighted by atomic mass is 10.1. The van der Waals surface area contributed by atoms with Crippen molar-refractivity contribution in [1.82, 2.24) is 15.1 Å². The first-order chi connectivity index (χ1) is 11.6. The van der Waals surface area contributed by atoms with E-state index in [0.717, 1.165) is 17.3 Å². The number of benzene rings is 2. The number of nitrogens with zero attached hydrogens (tertiary/aromatic N) is 2. The Hall–Kier alpha value is -2.66. The van der Waals surface area contributed by atoms with Crippen molar-refractivity contribution >= 4 is 17.5 Å². The molecule has 1 amide bonds. The summed E-state index contributed by atoms with van der Waals surface area (Å²) < 4.78 is 15.4. The minimum Gasteiger partial charge on any atom is -0.352 e. The van der Waals surface area contributed by atoms with Crippen LogP contribution in [0.25, 0.3) is 5.69 Å². The van der Waals surface area contributed by atoms with Gasteiger partial charge in [0, 0.05) is 24.0 Å². The molecule has 0 saturated carbocycles. The topological polar surface area (TPSA) is 46.9 Å². The lowest BCUT2D eigenvalue weighted by Crippen LogP contribution is -2.26. The Bertz CT molecular complexity index is 832. The fraction of sp³-hybridized carbons (Fsp3) is 0.111. The molecule has 4 nitrogen and oxygen atoms in total. The van der Waals surface area contributed by atoms with Crippen LogP contribution in [0.1, 0.15) is 15.9 Å². The first-order valence-corrected chi connectivity index (χ1v) is 7.83. The highest BCUT2D eigenvalue weighted by atomic mass is 35.5. The van der Waals surface area contributed by atoms with E-state index < -0.39 is 11.7 Å². The zero-order valence-electron chi connectivity index (χ0n) is 12.7. The highest BCUT2D eigenvalue weighted by Gasteiger charge is 2.11. The van der Waals surface area contributed by atoms with Gasteiger partial charge in [0.1, 0.15) is 5.82 Å². The Morgan fingerprint density at radius 2 is 2.00 bits per heavy atom. The van der Waals surface area contributed by atoms with Gasteiger partial charge in [-0.3, -0.25) is 4.79 Å². The van der Waals surface area contributed by atoms with Gasteiger partial charge in [-0.15, -0.1) is 0 Å². The highest BCUT2D eigenvalue weighted by molar-refractivity contribution is 6.30. The molecule has 3 aromatic rings. The lowest BCUT2D eigenvalue weighted by molar-refractivity contribution is 0.0950. The Labute approximate surface area is 143 Å². The molecule has 0 bridgehead atoms. The molecule has 0 radical (unpaired) electrons. The Morgan fingerprint density at radius 1 is 1.21 bits per heavy atom. The van der Waals surface area contributed by atoms with Crippen LogP contribution >= 0.6 is 11.6 Å². The Morgan fingerprint density at radius 3 is 2.67 bits per heavy atom. The molecule has 0 fully saturated rings. The minimum absolute atomic E-state index is 0.00608. The summed E-state index contributed by atoms with van der Waals surface area (Å²) in [6, 6.07) is 13.7. The molecule has 0 unspecified atom stereocenters. The van der Waals surface area contributed by atoms with E-state index in [4.69, 9.17) is 11.6 Å². The molecule has 0 aliphatic heterocycles. The van der Waals surface area contributed by atoms with Crippen LogP contribution in [-0.2, 0) is 6.42 Å². The van der Waals surface area contributed by atoms with E-state index in [-0.39, 0.29) is 10.6 Å². The number of aromatic nitrogens is 2. The number of carbonyl (C=O) groups is 1. The van der Waals surface area contributed by atoms with Gasteiger partial charge in [0.15, 0.2) is 0 Å². The lowest BCUT2D eigenvalue weighted by Gasteiger charge is -2.07. The summed E-state index contributed by atoms with van der Waals surface area (Å²) in [5.41, 5.74) is 2.03. The van der Waals surface area contributed by atoms with Crippen LogP contribution < -0.4 is 5.32 Å². The largest absolute Gasteiger partial charge is 0.352 e. The van der Waals surface area contributed by atoms with Gasteiger partial charge in [-0.2, -0.15) is 5.10 Å². The van der Waals surface area contributed by atoms with E-state index in [1.54, 1.807) is 10.9 Å². The molecule has 0 aliphatic rings. The van der Waals surface area contributed by atoms with Crippen molar-refractivity contribution in [3.8, 4) is 5.69 Å². The number of hydrogen-bond acceptors (Lipinski definition) is 2. The summed E-state index contributed by atoms with van der Waals surface area (Å²) in [5, 5.41) is 7.14. The van der Waals surface area contributed by atoms with Gasteiger partial charge in [-0.25, -0.2) is 9.07 Å². The smallest absolute Gasteiger partial charge is 0.254 e. The van der Waals surface area contributed by atoms with Gasteiger partial charge in [-0.05, 0) is 48.4 Å². The van der Waals surface area contributed by atoms with Gasteiger partial charge in [0.2, 0.25) is 0 Å². The number of rotatable bonds is 5. The summed E-state index contributed by atoms with van der Waals surface area (Å²) in [5.74, 6) is -1.07. The van der Waals surface area contributed by atoms with E-state index >= 15 is 0 Å². The second kappa shape index (κ2) is 7.27. The second-order valence-electron chi connectivity index (χ2n) is 5.25. The second-order valence-corrected chi connectivity index (χ2v) is 5.68. The molecule has 1 N–H and O–H groups in total. The molecular weight excluding hydrogens is 329 g/mol. The summed E-state index contributed by atoms with van der Waals surface area (Å²) in [7, 11) is 0. The molecule has 0 spiro atoms. The maximum atomic E-state index is 13.7.